The van der Waals surface area contributed by atoms with Crippen LogP contribution in [0.4, 0.5) is 11.4 Å². The van der Waals surface area contributed by atoms with E-state index in [1.807, 2.05) is 4.90 Å². The normalized spacial score (nSPS) is 17.1. The summed E-state index contributed by atoms with van der Waals surface area (Å²) < 4.78 is 5.58. The molecule has 2 aromatic rings. The first kappa shape index (κ1) is 18.9. The van der Waals surface area contributed by atoms with Crippen LogP contribution < -0.4 is 14.5 Å². The van der Waals surface area contributed by atoms with Gasteiger partial charge in [0.15, 0.2) is 6.61 Å². The van der Waals surface area contributed by atoms with Gasteiger partial charge < -0.3 is 19.4 Å². The van der Waals surface area contributed by atoms with E-state index in [0.717, 1.165) is 39.3 Å². The minimum atomic E-state index is 0.0268. The van der Waals surface area contributed by atoms with Crippen LogP contribution in [0, 0.1) is 0 Å². The number of hydrogen-bond acceptors (Lipinski definition) is 4. The van der Waals surface area contributed by atoms with Crippen molar-refractivity contribution in [1.29, 1.82) is 0 Å². The van der Waals surface area contributed by atoms with Gasteiger partial charge in [0.2, 0.25) is 0 Å². The Labute approximate surface area is 171 Å². The molecule has 0 aliphatic carbocycles. The second-order valence-electron chi connectivity index (χ2n) is 7.32. The highest BCUT2D eigenvalue weighted by atomic mass is 35.5. The van der Waals surface area contributed by atoms with Crippen LogP contribution in [0.2, 0.25) is 5.02 Å². The molecule has 4 rings (SSSR count). The number of anilines is 2. The summed E-state index contributed by atoms with van der Waals surface area (Å²) in [5.41, 5.74) is 2.54. The number of halogens is 1. The van der Waals surface area contributed by atoms with Crippen LogP contribution in [-0.4, -0.2) is 56.7 Å². The van der Waals surface area contributed by atoms with Crippen molar-refractivity contribution in [1.82, 2.24) is 4.90 Å². The van der Waals surface area contributed by atoms with Crippen LogP contribution in [0.15, 0.2) is 48.5 Å². The molecule has 28 heavy (non-hydrogen) atoms. The van der Waals surface area contributed by atoms with E-state index in [0.29, 0.717) is 10.8 Å². The van der Waals surface area contributed by atoms with Gasteiger partial charge >= 0.3 is 0 Å². The molecule has 5 nitrogen and oxygen atoms in total. The van der Waals surface area contributed by atoms with Crippen LogP contribution in [0.3, 0.4) is 0 Å². The van der Waals surface area contributed by atoms with Crippen LogP contribution in [-0.2, 0) is 4.79 Å². The monoisotopic (exact) mass is 399 g/mol. The molecule has 2 heterocycles. The summed E-state index contributed by atoms with van der Waals surface area (Å²) in [4.78, 5) is 19.1. The third-order valence-electron chi connectivity index (χ3n) is 5.49. The lowest BCUT2D eigenvalue weighted by molar-refractivity contribution is -0.133. The summed E-state index contributed by atoms with van der Waals surface area (Å²) in [5.74, 6) is 0.688. The SMILES string of the molecule is O=C(COc1ccc(Cl)cc1)N1CCN(c2ccc(N3CCCC3)cc2)CC1. The number of nitrogens with zero attached hydrogens (tertiary/aromatic N) is 3. The summed E-state index contributed by atoms with van der Waals surface area (Å²) in [7, 11) is 0. The Morgan fingerprint density at radius 3 is 1.89 bits per heavy atom. The lowest BCUT2D eigenvalue weighted by Gasteiger charge is -2.36. The second kappa shape index (κ2) is 8.74. The summed E-state index contributed by atoms with van der Waals surface area (Å²) >= 11 is 5.86. The molecular formula is C22H26ClN3O2. The minimum Gasteiger partial charge on any atom is -0.484 e. The predicted molar refractivity (Wildman–Crippen MR) is 114 cm³/mol. The Morgan fingerprint density at radius 2 is 1.32 bits per heavy atom. The van der Waals surface area contributed by atoms with E-state index in [2.05, 4.69) is 34.1 Å². The van der Waals surface area contributed by atoms with E-state index >= 15 is 0 Å². The molecule has 0 N–H and O–H groups in total. The van der Waals surface area contributed by atoms with Gasteiger partial charge in [0.25, 0.3) is 5.91 Å². The summed E-state index contributed by atoms with van der Waals surface area (Å²) in [6, 6.07) is 15.9. The van der Waals surface area contributed by atoms with E-state index in [-0.39, 0.29) is 12.5 Å². The Balaban J connectivity index is 1.25. The summed E-state index contributed by atoms with van der Waals surface area (Å²) in [6.45, 7) is 5.52. The highest BCUT2D eigenvalue weighted by Gasteiger charge is 2.22. The van der Waals surface area contributed by atoms with E-state index in [4.69, 9.17) is 16.3 Å². The Bertz CT molecular complexity index is 780. The van der Waals surface area contributed by atoms with E-state index < -0.39 is 0 Å². The number of carbonyl (C=O) groups is 1. The fourth-order valence-corrected chi connectivity index (χ4v) is 3.96. The number of ether oxygens (including phenoxy) is 1. The Hall–Kier alpha value is -2.40. The third-order valence-corrected chi connectivity index (χ3v) is 5.75. The molecule has 2 saturated heterocycles. The first-order valence-corrected chi connectivity index (χ1v) is 10.3. The van der Waals surface area contributed by atoms with Gasteiger partial charge in [-0.1, -0.05) is 11.6 Å². The molecule has 6 heteroatoms. The maximum atomic E-state index is 12.4. The highest BCUT2D eigenvalue weighted by Crippen LogP contribution is 2.24. The number of piperazine rings is 1. The molecule has 0 bridgehead atoms. The standard InChI is InChI=1S/C22H26ClN3O2/c23-18-3-9-21(10-4-18)28-17-22(27)26-15-13-25(14-16-26)20-7-5-19(6-8-20)24-11-1-2-12-24/h3-10H,1-2,11-17H2. The van der Waals surface area contributed by atoms with E-state index in [1.165, 1.54) is 24.2 Å². The molecule has 0 saturated carbocycles. The van der Waals surface area contributed by atoms with Gasteiger partial charge in [-0.3, -0.25) is 4.79 Å². The zero-order valence-corrected chi connectivity index (χ0v) is 16.8. The molecule has 1 amide bonds. The second-order valence-corrected chi connectivity index (χ2v) is 7.76. The maximum absolute atomic E-state index is 12.4. The lowest BCUT2D eigenvalue weighted by Crippen LogP contribution is -2.50. The third kappa shape index (κ3) is 4.53. The summed E-state index contributed by atoms with van der Waals surface area (Å²) in [5, 5.41) is 0.656. The topological polar surface area (TPSA) is 36.0 Å². The molecule has 0 spiro atoms. The first-order chi connectivity index (χ1) is 13.7. The number of benzene rings is 2. The van der Waals surface area contributed by atoms with Gasteiger partial charge in [0.05, 0.1) is 0 Å². The van der Waals surface area contributed by atoms with Crippen molar-refractivity contribution in [2.45, 2.75) is 12.8 Å². The van der Waals surface area contributed by atoms with Crippen LogP contribution in [0.1, 0.15) is 12.8 Å². The molecule has 2 aliphatic rings. The van der Waals surface area contributed by atoms with Gasteiger partial charge in [-0.2, -0.15) is 0 Å². The Morgan fingerprint density at radius 1 is 0.786 bits per heavy atom. The molecule has 148 valence electrons. The van der Waals surface area contributed by atoms with Crippen LogP contribution >= 0.6 is 11.6 Å². The zero-order valence-electron chi connectivity index (χ0n) is 16.0. The van der Waals surface area contributed by atoms with Crippen molar-refractivity contribution in [3.8, 4) is 5.75 Å². The van der Waals surface area contributed by atoms with Crippen molar-refractivity contribution < 1.29 is 9.53 Å². The van der Waals surface area contributed by atoms with Gasteiger partial charge in [0, 0.05) is 55.7 Å². The van der Waals surface area contributed by atoms with Crippen molar-refractivity contribution in [3.63, 3.8) is 0 Å². The molecule has 0 aromatic heterocycles. The van der Waals surface area contributed by atoms with E-state index in [9.17, 15) is 4.79 Å². The molecular weight excluding hydrogens is 374 g/mol. The first-order valence-electron chi connectivity index (χ1n) is 9.95. The maximum Gasteiger partial charge on any atom is 0.260 e. The number of rotatable bonds is 5. The van der Waals surface area contributed by atoms with Crippen molar-refractivity contribution in [3.05, 3.63) is 53.6 Å². The molecule has 2 aromatic carbocycles. The molecule has 0 atom stereocenters. The van der Waals surface area contributed by atoms with Gasteiger partial charge in [-0.15, -0.1) is 0 Å². The number of hydrogen-bond donors (Lipinski definition) is 0. The van der Waals surface area contributed by atoms with Crippen LogP contribution in [0.25, 0.3) is 0 Å². The fourth-order valence-electron chi connectivity index (χ4n) is 3.83. The average molecular weight is 400 g/mol. The Kier molecular flexibility index (Phi) is 5.91. The summed E-state index contributed by atoms with van der Waals surface area (Å²) in [6.07, 6.45) is 2.58. The predicted octanol–water partition coefficient (Wildman–Crippen LogP) is 3.67. The van der Waals surface area contributed by atoms with Crippen molar-refractivity contribution in [2.24, 2.45) is 0 Å². The van der Waals surface area contributed by atoms with Crippen LogP contribution in [0.5, 0.6) is 5.75 Å². The average Bonchev–Trinajstić information content (AvgIpc) is 3.28. The van der Waals surface area contributed by atoms with Gasteiger partial charge in [-0.25, -0.2) is 0 Å². The quantitative estimate of drug-likeness (QED) is 0.768. The highest BCUT2D eigenvalue weighted by molar-refractivity contribution is 6.30. The molecule has 0 unspecified atom stereocenters. The zero-order chi connectivity index (χ0) is 19.3. The largest absolute Gasteiger partial charge is 0.484 e. The van der Waals surface area contributed by atoms with Crippen molar-refractivity contribution >= 4 is 28.9 Å². The van der Waals surface area contributed by atoms with Crippen molar-refractivity contribution in [2.75, 3.05) is 55.7 Å². The molecule has 2 fully saturated rings. The molecule has 0 radical (unpaired) electrons. The van der Waals surface area contributed by atoms with Gasteiger partial charge in [0.1, 0.15) is 5.75 Å². The minimum absolute atomic E-state index is 0.0268. The van der Waals surface area contributed by atoms with E-state index in [1.54, 1.807) is 24.3 Å². The fraction of sp³-hybridized carbons (Fsp3) is 0.409. The smallest absolute Gasteiger partial charge is 0.260 e. The lowest BCUT2D eigenvalue weighted by atomic mass is 10.2. The van der Waals surface area contributed by atoms with Gasteiger partial charge in [-0.05, 0) is 61.4 Å². The molecule has 2 aliphatic heterocycles. The number of amides is 1. The number of carbonyl (C=O) groups excluding carboxylic acids is 1.